The van der Waals surface area contributed by atoms with Gasteiger partial charge in [-0.05, 0) is 64.5 Å². The molecule has 1 spiro atoms. The Labute approximate surface area is 120 Å². The first-order chi connectivity index (χ1) is 9.08. The van der Waals surface area contributed by atoms with Gasteiger partial charge in [-0.3, -0.25) is 0 Å². The van der Waals surface area contributed by atoms with Crippen molar-refractivity contribution < 1.29 is 4.74 Å². The Morgan fingerprint density at radius 2 is 2.21 bits per heavy atom. The van der Waals surface area contributed by atoms with Crippen molar-refractivity contribution in [3.05, 3.63) is 21.4 Å². The van der Waals surface area contributed by atoms with Crippen LogP contribution in [0.25, 0.3) is 0 Å². The maximum Gasteiger partial charge on any atom is 0.0697 e. The van der Waals surface area contributed by atoms with Gasteiger partial charge >= 0.3 is 0 Å². The van der Waals surface area contributed by atoms with Crippen LogP contribution in [0.2, 0.25) is 0 Å². The highest BCUT2D eigenvalue weighted by Crippen LogP contribution is 2.42. The Morgan fingerprint density at radius 1 is 1.42 bits per heavy atom. The molecule has 1 aliphatic heterocycles. The molecular formula is C16H25NOS. The maximum atomic E-state index is 6.01. The first kappa shape index (κ1) is 13.6. The summed E-state index contributed by atoms with van der Waals surface area (Å²) in [6.07, 6.45) is 6.27. The van der Waals surface area contributed by atoms with Gasteiger partial charge in [-0.1, -0.05) is 0 Å². The fraction of sp³-hybridized carbons (Fsp3) is 0.750. The van der Waals surface area contributed by atoms with E-state index in [0.717, 1.165) is 13.0 Å². The summed E-state index contributed by atoms with van der Waals surface area (Å²) in [5.74, 6) is 0. The Kier molecular flexibility index (Phi) is 3.71. The lowest BCUT2D eigenvalue weighted by Gasteiger charge is -2.47. The van der Waals surface area contributed by atoms with E-state index in [0.29, 0.717) is 12.1 Å². The molecule has 19 heavy (non-hydrogen) atoms. The molecule has 3 rings (SSSR count). The molecule has 2 nitrogen and oxygen atoms in total. The smallest absolute Gasteiger partial charge is 0.0697 e. The SMILES string of the molecule is Cc1cc(C(C)NC2CCOC3(CCC3)C2)c(C)s1. The molecule has 2 heterocycles. The second-order valence-electron chi connectivity index (χ2n) is 6.33. The third-order valence-electron chi connectivity index (χ3n) is 4.79. The van der Waals surface area contributed by atoms with E-state index in [-0.39, 0.29) is 5.60 Å². The van der Waals surface area contributed by atoms with Crippen molar-refractivity contribution in [2.24, 2.45) is 0 Å². The summed E-state index contributed by atoms with van der Waals surface area (Å²) in [7, 11) is 0. The van der Waals surface area contributed by atoms with E-state index < -0.39 is 0 Å². The summed E-state index contributed by atoms with van der Waals surface area (Å²) in [6, 6.07) is 3.43. The highest BCUT2D eigenvalue weighted by molar-refractivity contribution is 7.12. The van der Waals surface area contributed by atoms with Gasteiger partial charge in [-0.2, -0.15) is 0 Å². The molecule has 2 aliphatic rings. The number of thiophene rings is 1. The predicted octanol–water partition coefficient (Wildman–Crippen LogP) is 4.12. The lowest BCUT2D eigenvalue weighted by Crippen LogP contribution is -2.51. The second-order valence-corrected chi connectivity index (χ2v) is 7.79. The van der Waals surface area contributed by atoms with Crippen molar-refractivity contribution in [2.45, 2.75) is 70.6 Å². The van der Waals surface area contributed by atoms with Crippen LogP contribution in [0, 0.1) is 13.8 Å². The average molecular weight is 279 g/mol. The molecule has 1 saturated carbocycles. The van der Waals surface area contributed by atoms with Crippen molar-refractivity contribution in [2.75, 3.05) is 6.61 Å². The fourth-order valence-electron chi connectivity index (χ4n) is 3.61. The minimum atomic E-state index is 0.245. The van der Waals surface area contributed by atoms with Gasteiger partial charge in [-0.25, -0.2) is 0 Å². The molecule has 0 aromatic carbocycles. The summed E-state index contributed by atoms with van der Waals surface area (Å²) in [5.41, 5.74) is 1.73. The van der Waals surface area contributed by atoms with Crippen LogP contribution in [-0.4, -0.2) is 18.2 Å². The van der Waals surface area contributed by atoms with E-state index >= 15 is 0 Å². The minimum absolute atomic E-state index is 0.245. The van der Waals surface area contributed by atoms with Gasteiger partial charge in [0.05, 0.1) is 5.60 Å². The van der Waals surface area contributed by atoms with E-state index in [2.05, 4.69) is 32.2 Å². The van der Waals surface area contributed by atoms with Crippen molar-refractivity contribution in [3.63, 3.8) is 0 Å². The van der Waals surface area contributed by atoms with Crippen molar-refractivity contribution in [1.82, 2.24) is 5.32 Å². The lowest BCUT2D eigenvalue weighted by molar-refractivity contribution is -0.136. The number of rotatable bonds is 3. The second kappa shape index (κ2) is 5.19. The Bertz CT molecular complexity index is 450. The monoisotopic (exact) mass is 279 g/mol. The normalized spacial score (nSPS) is 27.2. The number of hydrogen-bond acceptors (Lipinski definition) is 3. The van der Waals surface area contributed by atoms with Crippen LogP contribution in [0.1, 0.15) is 60.4 Å². The van der Waals surface area contributed by atoms with Crippen LogP contribution in [0.3, 0.4) is 0 Å². The van der Waals surface area contributed by atoms with Crippen molar-refractivity contribution >= 4 is 11.3 Å². The molecule has 1 saturated heterocycles. The molecule has 106 valence electrons. The van der Waals surface area contributed by atoms with Crippen molar-refractivity contribution in [1.29, 1.82) is 0 Å². The molecule has 3 heteroatoms. The quantitative estimate of drug-likeness (QED) is 0.898. The van der Waals surface area contributed by atoms with Gasteiger partial charge in [0.1, 0.15) is 0 Å². The van der Waals surface area contributed by atoms with Crippen molar-refractivity contribution in [3.8, 4) is 0 Å². The van der Waals surface area contributed by atoms with E-state index in [1.807, 2.05) is 11.3 Å². The van der Waals surface area contributed by atoms with Gasteiger partial charge in [0.15, 0.2) is 0 Å². The fourth-order valence-corrected chi connectivity index (χ4v) is 4.64. The molecule has 2 fully saturated rings. The van der Waals surface area contributed by atoms with Crippen LogP contribution in [0.15, 0.2) is 6.07 Å². The van der Waals surface area contributed by atoms with Crippen LogP contribution < -0.4 is 5.32 Å². The van der Waals surface area contributed by atoms with Crippen LogP contribution in [0.5, 0.6) is 0 Å². The van der Waals surface area contributed by atoms with Gasteiger partial charge in [0.2, 0.25) is 0 Å². The topological polar surface area (TPSA) is 21.3 Å². The first-order valence-electron chi connectivity index (χ1n) is 7.55. The molecule has 1 aromatic heterocycles. The maximum absolute atomic E-state index is 6.01. The molecule has 2 unspecified atom stereocenters. The summed E-state index contributed by atoms with van der Waals surface area (Å²) >= 11 is 1.91. The zero-order valence-corrected chi connectivity index (χ0v) is 13.1. The number of aryl methyl sites for hydroxylation is 2. The van der Waals surface area contributed by atoms with E-state index in [1.165, 1.54) is 41.0 Å². The molecular weight excluding hydrogens is 254 g/mol. The van der Waals surface area contributed by atoms with Crippen LogP contribution in [0.4, 0.5) is 0 Å². The van der Waals surface area contributed by atoms with E-state index in [1.54, 1.807) is 0 Å². The number of hydrogen-bond donors (Lipinski definition) is 1. The molecule has 1 aromatic rings. The first-order valence-corrected chi connectivity index (χ1v) is 8.37. The number of nitrogens with one attached hydrogen (secondary N) is 1. The molecule has 1 aliphatic carbocycles. The Morgan fingerprint density at radius 3 is 2.79 bits per heavy atom. The molecule has 0 bridgehead atoms. The molecule has 0 amide bonds. The standard InChI is InChI=1S/C16H25NOS/c1-11-9-15(13(3)19-11)12(2)17-14-5-8-18-16(10-14)6-4-7-16/h9,12,14,17H,4-8,10H2,1-3H3. The third kappa shape index (κ3) is 2.74. The summed E-state index contributed by atoms with van der Waals surface area (Å²) in [5, 5.41) is 3.84. The van der Waals surface area contributed by atoms with E-state index in [4.69, 9.17) is 4.74 Å². The van der Waals surface area contributed by atoms with Crippen LogP contribution in [-0.2, 0) is 4.74 Å². The molecule has 0 radical (unpaired) electrons. The molecule has 2 atom stereocenters. The largest absolute Gasteiger partial charge is 0.375 e. The van der Waals surface area contributed by atoms with Gasteiger partial charge in [-0.15, -0.1) is 11.3 Å². The van der Waals surface area contributed by atoms with E-state index in [9.17, 15) is 0 Å². The summed E-state index contributed by atoms with van der Waals surface area (Å²) in [6.45, 7) is 7.68. The Hall–Kier alpha value is -0.380. The third-order valence-corrected chi connectivity index (χ3v) is 5.77. The van der Waals surface area contributed by atoms with Crippen LogP contribution >= 0.6 is 11.3 Å². The van der Waals surface area contributed by atoms with Gasteiger partial charge < -0.3 is 10.1 Å². The average Bonchev–Trinajstić information content (AvgIpc) is 2.67. The zero-order chi connectivity index (χ0) is 13.5. The molecule has 1 N–H and O–H groups in total. The van der Waals surface area contributed by atoms with Gasteiger partial charge in [0, 0.05) is 28.4 Å². The number of ether oxygens (including phenoxy) is 1. The predicted molar refractivity (Wildman–Crippen MR) is 80.9 cm³/mol. The lowest BCUT2D eigenvalue weighted by atomic mass is 9.74. The zero-order valence-electron chi connectivity index (χ0n) is 12.3. The minimum Gasteiger partial charge on any atom is -0.375 e. The summed E-state index contributed by atoms with van der Waals surface area (Å²) < 4.78 is 6.01. The highest BCUT2D eigenvalue weighted by atomic mass is 32.1. The van der Waals surface area contributed by atoms with Gasteiger partial charge in [0.25, 0.3) is 0 Å². The highest BCUT2D eigenvalue weighted by Gasteiger charge is 2.42. The summed E-state index contributed by atoms with van der Waals surface area (Å²) in [4.78, 5) is 2.88. The Balaban J connectivity index is 1.63.